The standard InChI is InChI=1S/C20H35N5O.HI/c1-3-22-20(23-10-6-14-26-18-7-4-5-8-18)24-12-9-17(2)19(15-24)25-13-11-21-16-25;/h11,13,16-19H,3-10,12,14-15H2,1-2H3,(H,22,23);1H. The van der Waals surface area contributed by atoms with Crippen molar-refractivity contribution in [2.24, 2.45) is 10.9 Å². The van der Waals surface area contributed by atoms with E-state index in [0.717, 1.165) is 45.2 Å². The Morgan fingerprint density at radius 3 is 2.81 bits per heavy atom. The van der Waals surface area contributed by atoms with Crippen molar-refractivity contribution in [2.45, 2.75) is 64.5 Å². The van der Waals surface area contributed by atoms with Gasteiger partial charge in [0.15, 0.2) is 5.96 Å². The van der Waals surface area contributed by atoms with Gasteiger partial charge in [-0.3, -0.25) is 4.99 Å². The van der Waals surface area contributed by atoms with Crippen molar-refractivity contribution < 1.29 is 4.74 Å². The fourth-order valence-corrected chi connectivity index (χ4v) is 4.08. The first-order valence-electron chi connectivity index (χ1n) is 10.4. The van der Waals surface area contributed by atoms with Crippen molar-refractivity contribution in [2.75, 3.05) is 32.8 Å². The van der Waals surface area contributed by atoms with Crippen LogP contribution in [0, 0.1) is 5.92 Å². The summed E-state index contributed by atoms with van der Waals surface area (Å²) >= 11 is 0. The molecule has 1 aromatic rings. The highest BCUT2D eigenvalue weighted by molar-refractivity contribution is 14.0. The average molecular weight is 489 g/mol. The number of guanidine groups is 1. The molecule has 1 aromatic heterocycles. The topological polar surface area (TPSA) is 54.7 Å². The summed E-state index contributed by atoms with van der Waals surface area (Å²) in [6.07, 6.45) is 13.7. The number of imidazole rings is 1. The van der Waals surface area contributed by atoms with Crippen molar-refractivity contribution in [3.8, 4) is 0 Å². The average Bonchev–Trinajstić information content (AvgIpc) is 3.35. The molecule has 0 spiro atoms. The van der Waals surface area contributed by atoms with Crippen LogP contribution in [0.15, 0.2) is 23.7 Å². The van der Waals surface area contributed by atoms with Gasteiger partial charge in [-0.05, 0) is 38.5 Å². The molecule has 7 heteroatoms. The van der Waals surface area contributed by atoms with E-state index in [-0.39, 0.29) is 24.0 Å². The molecule has 0 aromatic carbocycles. The monoisotopic (exact) mass is 489 g/mol. The van der Waals surface area contributed by atoms with Crippen molar-refractivity contribution >= 4 is 29.9 Å². The van der Waals surface area contributed by atoms with E-state index in [4.69, 9.17) is 9.73 Å². The highest BCUT2D eigenvalue weighted by Crippen LogP contribution is 2.27. The molecule has 1 saturated carbocycles. The molecule has 1 saturated heterocycles. The van der Waals surface area contributed by atoms with Crippen LogP contribution in [-0.2, 0) is 4.74 Å². The molecular formula is C20H36IN5O. The minimum absolute atomic E-state index is 0. The molecule has 154 valence electrons. The van der Waals surface area contributed by atoms with Crippen LogP contribution in [0.25, 0.3) is 0 Å². The van der Waals surface area contributed by atoms with Gasteiger partial charge in [-0.25, -0.2) is 4.98 Å². The van der Waals surface area contributed by atoms with Gasteiger partial charge in [0.1, 0.15) is 0 Å². The summed E-state index contributed by atoms with van der Waals surface area (Å²) in [7, 11) is 0. The molecule has 0 bridgehead atoms. The summed E-state index contributed by atoms with van der Waals surface area (Å²) in [6, 6.07) is 0.459. The maximum Gasteiger partial charge on any atom is 0.193 e. The summed E-state index contributed by atoms with van der Waals surface area (Å²) < 4.78 is 8.20. The number of nitrogens with one attached hydrogen (secondary N) is 1. The number of rotatable bonds is 7. The highest BCUT2D eigenvalue weighted by atomic mass is 127. The van der Waals surface area contributed by atoms with E-state index in [2.05, 4.69) is 39.8 Å². The van der Waals surface area contributed by atoms with E-state index < -0.39 is 0 Å². The predicted octanol–water partition coefficient (Wildman–Crippen LogP) is 3.70. The van der Waals surface area contributed by atoms with E-state index in [1.807, 2.05) is 12.5 Å². The first-order valence-corrected chi connectivity index (χ1v) is 10.4. The van der Waals surface area contributed by atoms with Crippen LogP contribution >= 0.6 is 24.0 Å². The normalized spacial score (nSPS) is 24.1. The molecule has 1 aliphatic carbocycles. The first-order chi connectivity index (χ1) is 12.8. The maximum atomic E-state index is 5.96. The number of ether oxygens (including phenoxy) is 1. The van der Waals surface area contributed by atoms with Crippen LogP contribution < -0.4 is 5.32 Å². The summed E-state index contributed by atoms with van der Waals surface area (Å²) in [5.74, 6) is 1.70. The smallest absolute Gasteiger partial charge is 0.193 e. The third-order valence-corrected chi connectivity index (χ3v) is 5.68. The van der Waals surface area contributed by atoms with Gasteiger partial charge in [0.25, 0.3) is 0 Å². The van der Waals surface area contributed by atoms with Gasteiger partial charge in [-0.1, -0.05) is 19.8 Å². The number of hydrogen-bond donors (Lipinski definition) is 1. The maximum absolute atomic E-state index is 5.96. The number of aromatic nitrogens is 2. The Hall–Kier alpha value is -0.830. The number of nitrogens with zero attached hydrogens (tertiary/aromatic N) is 4. The van der Waals surface area contributed by atoms with E-state index in [9.17, 15) is 0 Å². The number of piperidine rings is 1. The Labute approximate surface area is 181 Å². The van der Waals surface area contributed by atoms with Crippen molar-refractivity contribution in [1.82, 2.24) is 19.8 Å². The van der Waals surface area contributed by atoms with Gasteiger partial charge >= 0.3 is 0 Å². The third-order valence-electron chi connectivity index (χ3n) is 5.68. The molecule has 2 unspecified atom stereocenters. The lowest BCUT2D eigenvalue weighted by molar-refractivity contribution is 0.0578. The minimum atomic E-state index is 0. The molecule has 2 fully saturated rings. The van der Waals surface area contributed by atoms with Gasteiger partial charge in [0.05, 0.1) is 18.5 Å². The van der Waals surface area contributed by atoms with Crippen molar-refractivity contribution in [3.05, 3.63) is 18.7 Å². The van der Waals surface area contributed by atoms with Gasteiger partial charge in [0.2, 0.25) is 0 Å². The lowest BCUT2D eigenvalue weighted by atomic mass is 9.93. The molecule has 27 heavy (non-hydrogen) atoms. The summed E-state index contributed by atoms with van der Waals surface area (Å²) in [6.45, 7) is 9.10. The van der Waals surface area contributed by atoms with E-state index >= 15 is 0 Å². The Balaban J connectivity index is 0.00000261. The van der Waals surface area contributed by atoms with Gasteiger partial charge in [0, 0.05) is 45.2 Å². The predicted molar refractivity (Wildman–Crippen MR) is 121 cm³/mol. The second kappa shape index (κ2) is 11.9. The van der Waals surface area contributed by atoms with Crippen LogP contribution in [0.3, 0.4) is 0 Å². The molecule has 2 aliphatic rings. The molecule has 2 atom stereocenters. The molecule has 3 rings (SSSR count). The Morgan fingerprint density at radius 2 is 2.11 bits per heavy atom. The second-order valence-electron chi connectivity index (χ2n) is 7.66. The quantitative estimate of drug-likeness (QED) is 0.275. The number of hydrogen-bond acceptors (Lipinski definition) is 3. The van der Waals surface area contributed by atoms with Crippen LogP contribution in [0.5, 0.6) is 0 Å². The van der Waals surface area contributed by atoms with E-state index in [1.165, 1.54) is 32.1 Å². The van der Waals surface area contributed by atoms with E-state index in [0.29, 0.717) is 18.1 Å². The zero-order valence-electron chi connectivity index (χ0n) is 16.8. The SMILES string of the molecule is CCNC(=NCCCOC1CCCC1)N1CCC(C)C(n2ccnc2)C1.I. The third kappa shape index (κ3) is 6.62. The molecular weight excluding hydrogens is 453 g/mol. The Bertz CT molecular complexity index is 545. The zero-order chi connectivity index (χ0) is 18.2. The minimum Gasteiger partial charge on any atom is -0.378 e. The molecule has 1 N–H and O–H groups in total. The molecule has 1 aliphatic heterocycles. The molecule has 0 radical (unpaired) electrons. The van der Waals surface area contributed by atoms with Gasteiger partial charge in [-0.15, -0.1) is 24.0 Å². The van der Waals surface area contributed by atoms with Gasteiger partial charge < -0.3 is 19.5 Å². The summed E-state index contributed by atoms with van der Waals surface area (Å²) in [5.41, 5.74) is 0. The lowest BCUT2D eigenvalue weighted by Gasteiger charge is -2.39. The Kier molecular flexibility index (Phi) is 9.89. The number of halogens is 1. The number of aliphatic imine (C=N–C) groups is 1. The summed E-state index contributed by atoms with van der Waals surface area (Å²) in [4.78, 5) is 11.5. The number of likely N-dealkylation sites (tertiary alicyclic amines) is 1. The fourth-order valence-electron chi connectivity index (χ4n) is 4.08. The van der Waals surface area contributed by atoms with Crippen molar-refractivity contribution in [3.63, 3.8) is 0 Å². The Morgan fingerprint density at radius 1 is 1.30 bits per heavy atom. The lowest BCUT2D eigenvalue weighted by Crippen LogP contribution is -2.49. The summed E-state index contributed by atoms with van der Waals surface area (Å²) in [5, 5.41) is 3.48. The largest absolute Gasteiger partial charge is 0.378 e. The van der Waals surface area contributed by atoms with Gasteiger partial charge in [-0.2, -0.15) is 0 Å². The fraction of sp³-hybridized carbons (Fsp3) is 0.800. The van der Waals surface area contributed by atoms with Crippen LogP contribution in [0.4, 0.5) is 0 Å². The molecule has 0 amide bonds. The highest BCUT2D eigenvalue weighted by Gasteiger charge is 2.28. The van der Waals surface area contributed by atoms with Crippen LogP contribution in [0.2, 0.25) is 0 Å². The van der Waals surface area contributed by atoms with Crippen LogP contribution in [0.1, 0.15) is 58.4 Å². The van der Waals surface area contributed by atoms with Crippen molar-refractivity contribution in [1.29, 1.82) is 0 Å². The van der Waals surface area contributed by atoms with E-state index in [1.54, 1.807) is 0 Å². The first kappa shape index (κ1) is 22.5. The molecule has 2 heterocycles. The zero-order valence-corrected chi connectivity index (χ0v) is 19.2. The van der Waals surface area contributed by atoms with Crippen LogP contribution in [-0.4, -0.2) is 59.3 Å². The second-order valence-corrected chi connectivity index (χ2v) is 7.66. The molecule has 6 nitrogen and oxygen atoms in total.